The summed E-state index contributed by atoms with van der Waals surface area (Å²) in [6.45, 7) is 2.04. The van der Waals surface area contributed by atoms with Crippen molar-refractivity contribution in [2.24, 2.45) is 0 Å². The topological polar surface area (TPSA) is 101 Å². The van der Waals surface area contributed by atoms with Gasteiger partial charge in [0.1, 0.15) is 0 Å². The average Bonchev–Trinajstić information content (AvgIpc) is 2.43. The van der Waals surface area contributed by atoms with E-state index in [-0.39, 0.29) is 12.1 Å². The molecule has 1 rings (SSSR count). The van der Waals surface area contributed by atoms with Crippen molar-refractivity contribution < 1.29 is 19.6 Å². The standard InChI is InChI=1S/C14H18N2O5/c1-11-6-7-12(9-13(11)16(20)21)15(10-17)8-4-2-3-5-14(18)19/h6-7,9-10H,2-5,8H2,1H3,(H,18,19). The van der Waals surface area contributed by atoms with E-state index in [4.69, 9.17) is 5.11 Å². The molecule has 1 aromatic carbocycles. The number of nitro groups is 1. The van der Waals surface area contributed by atoms with E-state index in [0.717, 1.165) is 0 Å². The second kappa shape index (κ2) is 7.98. The van der Waals surface area contributed by atoms with E-state index in [2.05, 4.69) is 0 Å². The van der Waals surface area contributed by atoms with E-state index >= 15 is 0 Å². The summed E-state index contributed by atoms with van der Waals surface area (Å²) in [6.07, 6.45) is 2.62. The van der Waals surface area contributed by atoms with Crippen LogP contribution in [0.25, 0.3) is 0 Å². The molecular weight excluding hydrogens is 276 g/mol. The summed E-state index contributed by atoms with van der Waals surface area (Å²) in [5, 5.41) is 19.4. The van der Waals surface area contributed by atoms with E-state index in [1.807, 2.05) is 0 Å². The molecule has 114 valence electrons. The summed E-state index contributed by atoms with van der Waals surface area (Å²) in [5.74, 6) is -0.837. The minimum Gasteiger partial charge on any atom is -0.481 e. The fourth-order valence-electron chi connectivity index (χ4n) is 1.95. The number of hydrogen-bond donors (Lipinski definition) is 1. The number of aryl methyl sites for hydroxylation is 1. The van der Waals surface area contributed by atoms with Crippen molar-refractivity contribution in [3.05, 3.63) is 33.9 Å². The normalized spacial score (nSPS) is 10.1. The van der Waals surface area contributed by atoms with Gasteiger partial charge in [0.2, 0.25) is 6.41 Å². The summed E-state index contributed by atoms with van der Waals surface area (Å²) in [6, 6.07) is 4.64. The van der Waals surface area contributed by atoms with Gasteiger partial charge < -0.3 is 10.0 Å². The van der Waals surface area contributed by atoms with Gasteiger partial charge in [0.05, 0.1) is 10.6 Å². The van der Waals surface area contributed by atoms with Crippen LogP contribution in [-0.4, -0.2) is 29.0 Å². The van der Waals surface area contributed by atoms with Gasteiger partial charge in [-0.25, -0.2) is 0 Å². The monoisotopic (exact) mass is 294 g/mol. The highest BCUT2D eigenvalue weighted by Gasteiger charge is 2.14. The first kappa shape index (κ1) is 16.6. The molecule has 1 amide bonds. The Morgan fingerprint density at radius 3 is 2.67 bits per heavy atom. The zero-order valence-electron chi connectivity index (χ0n) is 11.8. The van der Waals surface area contributed by atoms with Gasteiger partial charge in [-0.15, -0.1) is 0 Å². The minimum absolute atomic E-state index is 0.0229. The van der Waals surface area contributed by atoms with Gasteiger partial charge in [0.25, 0.3) is 5.69 Å². The van der Waals surface area contributed by atoms with E-state index < -0.39 is 10.9 Å². The summed E-state index contributed by atoms with van der Waals surface area (Å²) in [4.78, 5) is 33.3. The number of unbranched alkanes of at least 4 members (excludes halogenated alkanes) is 2. The van der Waals surface area contributed by atoms with Gasteiger partial charge in [-0.1, -0.05) is 12.5 Å². The van der Waals surface area contributed by atoms with Crippen molar-refractivity contribution in [2.75, 3.05) is 11.4 Å². The van der Waals surface area contributed by atoms with Crippen LogP contribution in [0.4, 0.5) is 11.4 Å². The predicted octanol–water partition coefficient (Wildman–Crippen LogP) is 2.51. The van der Waals surface area contributed by atoms with Crippen LogP contribution in [0.3, 0.4) is 0 Å². The maximum Gasteiger partial charge on any atom is 0.303 e. The second-order valence-electron chi connectivity index (χ2n) is 4.73. The lowest BCUT2D eigenvalue weighted by atomic mass is 10.1. The van der Waals surface area contributed by atoms with E-state index in [9.17, 15) is 19.7 Å². The Morgan fingerprint density at radius 1 is 1.38 bits per heavy atom. The molecule has 7 heteroatoms. The first-order valence-corrected chi connectivity index (χ1v) is 6.64. The quantitative estimate of drug-likeness (QED) is 0.326. The summed E-state index contributed by atoms with van der Waals surface area (Å²) < 4.78 is 0. The molecule has 0 fully saturated rings. The van der Waals surface area contributed by atoms with Gasteiger partial charge in [-0.2, -0.15) is 0 Å². The molecule has 21 heavy (non-hydrogen) atoms. The Bertz CT molecular complexity index is 530. The maximum atomic E-state index is 11.1. The molecule has 0 aliphatic heterocycles. The Balaban J connectivity index is 2.64. The zero-order chi connectivity index (χ0) is 15.8. The Labute approximate surface area is 122 Å². The number of carboxylic acid groups (broad SMARTS) is 1. The Kier molecular flexibility index (Phi) is 6.32. The smallest absolute Gasteiger partial charge is 0.303 e. The SMILES string of the molecule is Cc1ccc(N(C=O)CCCCCC(=O)O)cc1[N+](=O)[O-]. The molecular formula is C14H18N2O5. The van der Waals surface area contributed by atoms with Crippen molar-refractivity contribution in [1.29, 1.82) is 0 Å². The molecule has 1 aromatic rings. The Hall–Kier alpha value is -2.44. The molecule has 0 unspecified atom stereocenters. The van der Waals surface area contributed by atoms with E-state index in [1.165, 1.54) is 11.0 Å². The highest BCUT2D eigenvalue weighted by atomic mass is 16.6. The predicted molar refractivity (Wildman–Crippen MR) is 77.3 cm³/mol. The number of amides is 1. The van der Waals surface area contributed by atoms with Crippen LogP contribution in [0.1, 0.15) is 31.2 Å². The number of nitro benzene ring substituents is 1. The van der Waals surface area contributed by atoms with Crippen molar-refractivity contribution in [2.45, 2.75) is 32.6 Å². The molecule has 7 nitrogen and oxygen atoms in total. The van der Waals surface area contributed by atoms with Crippen LogP contribution >= 0.6 is 0 Å². The minimum atomic E-state index is -0.837. The third-order valence-corrected chi connectivity index (χ3v) is 3.14. The van der Waals surface area contributed by atoms with Crippen LogP contribution in [0.5, 0.6) is 0 Å². The number of nitrogens with zero attached hydrogens (tertiary/aromatic N) is 2. The highest BCUT2D eigenvalue weighted by Crippen LogP contribution is 2.24. The van der Waals surface area contributed by atoms with Gasteiger partial charge in [0, 0.05) is 24.6 Å². The molecule has 0 bridgehead atoms. The molecule has 0 saturated heterocycles. The van der Waals surface area contributed by atoms with E-state index in [1.54, 1.807) is 19.1 Å². The van der Waals surface area contributed by atoms with Crippen LogP contribution in [0, 0.1) is 17.0 Å². The van der Waals surface area contributed by atoms with Crippen molar-refractivity contribution in [3.8, 4) is 0 Å². The number of hydrogen-bond acceptors (Lipinski definition) is 4. The van der Waals surface area contributed by atoms with Crippen LogP contribution in [0.2, 0.25) is 0 Å². The largest absolute Gasteiger partial charge is 0.481 e. The first-order valence-electron chi connectivity index (χ1n) is 6.64. The fraction of sp³-hybridized carbons (Fsp3) is 0.429. The molecule has 0 saturated carbocycles. The zero-order valence-corrected chi connectivity index (χ0v) is 11.8. The molecule has 0 atom stereocenters. The van der Waals surface area contributed by atoms with Gasteiger partial charge in [-0.3, -0.25) is 19.7 Å². The number of anilines is 1. The summed E-state index contributed by atoms with van der Waals surface area (Å²) >= 11 is 0. The Morgan fingerprint density at radius 2 is 2.10 bits per heavy atom. The van der Waals surface area contributed by atoms with Crippen molar-refractivity contribution in [1.82, 2.24) is 0 Å². The number of carboxylic acids is 1. The third-order valence-electron chi connectivity index (χ3n) is 3.14. The third kappa shape index (κ3) is 5.21. The van der Waals surface area contributed by atoms with Crippen molar-refractivity contribution in [3.63, 3.8) is 0 Å². The molecule has 0 aliphatic carbocycles. The maximum absolute atomic E-state index is 11.1. The summed E-state index contributed by atoms with van der Waals surface area (Å²) in [7, 11) is 0. The lowest BCUT2D eigenvalue weighted by Gasteiger charge is -2.17. The molecule has 0 radical (unpaired) electrons. The number of benzene rings is 1. The lowest BCUT2D eigenvalue weighted by Crippen LogP contribution is -2.22. The van der Waals surface area contributed by atoms with Gasteiger partial charge >= 0.3 is 5.97 Å². The highest BCUT2D eigenvalue weighted by molar-refractivity contribution is 5.76. The number of carbonyl (C=O) groups excluding carboxylic acids is 1. The van der Waals surface area contributed by atoms with Crippen molar-refractivity contribution >= 4 is 23.8 Å². The first-order chi connectivity index (χ1) is 9.95. The molecule has 0 heterocycles. The molecule has 0 aromatic heterocycles. The van der Waals surface area contributed by atoms with E-state index in [0.29, 0.717) is 43.5 Å². The number of aliphatic carboxylic acids is 1. The average molecular weight is 294 g/mol. The number of rotatable bonds is 9. The van der Waals surface area contributed by atoms with Crippen LogP contribution in [-0.2, 0) is 9.59 Å². The van der Waals surface area contributed by atoms with Crippen LogP contribution < -0.4 is 4.90 Å². The molecule has 1 N–H and O–H groups in total. The fourth-order valence-corrected chi connectivity index (χ4v) is 1.95. The lowest BCUT2D eigenvalue weighted by molar-refractivity contribution is -0.385. The second-order valence-corrected chi connectivity index (χ2v) is 4.73. The van der Waals surface area contributed by atoms with Gasteiger partial charge in [0.15, 0.2) is 0 Å². The number of carbonyl (C=O) groups is 2. The molecule has 0 aliphatic rings. The van der Waals surface area contributed by atoms with Gasteiger partial charge in [-0.05, 0) is 25.8 Å². The molecule has 0 spiro atoms. The summed E-state index contributed by atoms with van der Waals surface area (Å²) in [5.41, 5.74) is 0.988. The van der Waals surface area contributed by atoms with Crippen LogP contribution in [0.15, 0.2) is 18.2 Å².